The number of amides is 2. The predicted octanol–water partition coefficient (Wildman–Crippen LogP) is 4.74. The third-order valence-electron chi connectivity index (χ3n) is 4.86. The number of nitrogens with one attached hydrogen (secondary N) is 1. The standard InChI is InChI=1S/C22H16BrN3O4S/c23-20-8-7-19(31-20)15-10-22(28)26(16-4-2-1-3-14(16)25-15)11-21(27)24-13-5-6-17-18(9-13)30-12-29-17/h1-9H,10-12H2,(H,24,27). The molecule has 2 aliphatic heterocycles. The third-order valence-corrected chi connectivity index (χ3v) is 6.54. The molecule has 3 heterocycles. The van der Waals surface area contributed by atoms with Crippen molar-refractivity contribution in [1.82, 2.24) is 0 Å². The number of aliphatic imine (C=N–C) groups is 1. The number of rotatable bonds is 4. The molecular formula is C22H16BrN3O4S. The molecular weight excluding hydrogens is 482 g/mol. The van der Waals surface area contributed by atoms with Crippen LogP contribution in [0.1, 0.15) is 11.3 Å². The van der Waals surface area contributed by atoms with Gasteiger partial charge >= 0.3 is 0 Å². The molecule has 0 spiro atoms. The fourth-order valence-corrected chi connectivity index (χ4v) is 4.82. The Balaban J connectivity index is 1.38. The number of carbonyl (C=O) groups excluding carboxylic acids is 2. The highest BCUT2D eigenvalue weighted by Crippen LogP contribution is 2.36. The fraction of sp³-hybridized carbons (Fsp3) is 0.136. The van der Waals surface area contributed by atoms with Gasteiger partial charge in [0.1, 0.15) is 6.54 Å². The van der Waals surface area contributed by atoms with Gasteiger partial charge in [0.05, 0.1) is 32.2 Å². The normalized spacial score (nSPS) is 14.7. The number of thiophene rings is 1. The first-order chi connectivity index (χ1) is 15.1. The summed E-state index contributed by atoms with van der Waals surface area (Å²) in [5.41, 5.74) is 2.53. The second kappa shape index (κ2) is 8.16. The molecule has 5 rings (SSSR count). The molecule has 3 aromatic rings. The summed E-state index contributed by atoms with van der Waals surface area (Å²) in [5.74, 6) is 0.715. The number of fused-ring (bicyclic) bond motifs is 2. The number of ether oxygens (including phenoxy) is 2. The summed E-state index contributed by atoms with van der Waals surface area (Å²) >= 11 is 4.98. The number of para-hydroxylation sites is 2. The Hall–Kier alpha value is -3.17. The van der Waals surface area contributed by atoms with Crippen LogP contribution in [-0.2, 0) is 9.59 Å². The molecule has 0 saturated carbocycles. The molecule has 7 nitrogen and oxygen atoms in total. The Morgan fingerprint density at radius 3 is 2.81 bits per heavy atom. The zero-order valence-corrected chi connectivity index (χ0v) is 18.5. The van der Waals surface area contributed by atoms with Crippen LogP contribution >= 0.6 is 27.3 Å². The summed E-state index contributed by atoms with van der Waals surface area (Å²) in [7, 11) is 0. The first kappa shape index (κ1) is 19.8. The second-order valence-electron chi connectivity index (χ2n) is 6.92. The van der Waals surface area contributed by atoms with Crippen LogP contribution in [0.5, 0.6) is 11.5 Å². The van der Waals surface area contributed by atoms with Crippen molar-refractivity contribution in [2.45, 2.75) is 6.42 Å². The van der Waals surface area contributed by atoms with Gasteiger partial charge in [-0.25, -0.2) is 4.99 Å². The van der Waals surface area contributed by atoms with E-state index in [0.717, 1.165) is 8.66 Å². The third kappa shape index (κ3) is 4.06. The first-order valence-corrected chi connectivity index (χ1v) is 11.1. The van der Waals surface area contributed by atoms with E-state index in [2.05, 4.69) is 21.2 Å². The molecule has 0 aliphatic carbocycles. The van der Waals surface area contributed by atoms with E-state index in [1.54, 1.807) is 24.3 Å². The lowest BCUT2D eigenvalue weighted by atomic mass is 10.2. The van der Waals surface area contributed by atoms with Gasteiger partial charge in [-0.3, -0.25) is 9.59 Å². The first-order valence-electron chi connectivity index (χ1n) is 9.49. The van der Waals surface area contributed by atoms with Crippen molar-refractivity contribution in [1.29, 1.82) is 0 Å². The van der Waals surface area contributed by atoms with Crippen molar-refractivity contribution in [2.75, 3.05) is 23.6 Å². The largest absolute Gasteiger partial charge is 0.454 e. The number of nitrogens with zero attached hydrogens (tertiary/aromatic N) is 2. The van der Waals surface area contributed by atoms with Gasteiger partial charge in [-0.2, -0.15) is 0 Å². The van der Waals surface area contributed by atoms with Crippen molar-refractivity contribution in [3.05, 3.63) is 63.3 Å². The molecule has 1 N–H and O–H groups in total. The highest BCUT2D eigenvalue weighted by Gasteiger charge is 2.27. The van der Waals surface area contributed by atoms with Crippen LogP contribution in [0.3, 0.4) is 0 Å². The molecule has 2 aromatic carbocycles. The number of hydrogen-bond donors (Lipinski definition) is 1. The van der Waals surface area contributed by atoms with E-state index >= 15 is 0 Å². The van der Waals surface area contributed by atoms with E-state index in [-0.39, 0.29) is 31.6 Å². The average molecular weight is 498 g/mol. The summed E-state index contributed by atoms with van der Waals surface area (Å²) in [6, 6.07) is 16.4. The van der Waals surface area contributed by atoms with Gasteiger partial charge in [0.25, 0.3) is 0 Å². The van der Waals surface area contributed by atoms with Crippen molar-refractivity contribution in [3.63, 3.8) is 0 Å². The van der Waals surface area contributed by atoms with E-state index in [9.17, 15) is 9.59 Å². The van der Waals surface area contributed by atoms with Crippen LogP contribution in [0.15, 0.2) is 63.4 Å². The summed E-state index contributed by atoms with van der Waals surface area (Å²) in [6.45, 7) is 0.0379. The van der Waals surface area contributed by atoms with Gasteiger partial charge in [-0.1, -0.05) is 12.1 Å². The Morgan fingerprint density at radius 2 is 1.97 bits per heavy atom. The topological polar surface area (TPSA) is 80.2 Å². The van der Waals surface area contributed by atoms with Crippen LogP contribution in [0.2, 0.25) is 0 Å². The van der Waals surface area contributed by atoms with Gasteiger partial charge in [-0.05, 0) is 52.3 Å². The number of hydrogen-bond acceptors (Lipinski definition) is 6. The average Bonchev–Trinajstić information content (AvgIpc) is 3.37. The minimum Gasteiger partial charge on any atom is -0.454 e. The maximum atomic E-state index is 13.1. The molecule has 2 aliphatic rings. The molecule has 0 bridgehead atoms. The zero-order valence-electron chi connectivity index (χ0n) is 16.1. The number of carbonyl (C=O) groups is 2. The minimum absolute atomic E-state index is 0.110. The lowest BCUT2D eigenvalue weighted by Crippen LogP contribution is -2.38. The molecule has 0 radical (unpaired) electrons. The smallest absolute Gasteiger partial charge is 0.244 e. The maximum Gasteiger partial charge on any atom is 0.244 e. The van der Waals surface area contributed by atoms with Crippen LogP contribution in [-0.4, -0.2) is 30.9 Å². The molecule has 156 valence electrons. The Bertz CT molecular complexity index is 1220. The fourth-order valence-electron chi connectivity index (χ4n) is 3.45. The van der Waals surface area contributed by atoms with E-state index in [1.807, 2.05) is 30.3 Å². The summed E-state index contributed by atoms with van der Waals surface area (Å²) in [6.07, 6.45) is 0.110. The molecule has 2 amide bonds. The van der Waals surface area contributed by atoms with E-state index in [1.165, 1.54) is 16.2 Å². The summed E-state index contributed by atoms with van der Waals surface area (Å²) in [5, 5.41) is 2.83. The lowest BCUT2D eigenvalue weighted by Gasteiger charge is -2.22. The van der Waals surface area contributed by atoms with Crippen molar-refractivity contribution >= 4 is 61.9 Å². The summed E-state index contributed by atoms with van der Waals surface area (Å²) in [4.78, 5) is 33.1. The number of halogens is 1. The van der Waals surface area contributed by atoms with Crippen LogP contribution in [0, 0.1) is 0 Å². The van der Waals surface area contributed by atoms with Crippen LogP contribution < -0.4 is 19.7 Å². The molecule has 0 atom stereocenters. The predicted molar refractivity (Wildman–Crippen MR) is 123 cm³/mol. The minimum atomic E-state index is -0.315. The quantitative estimate of drug-likeness (QED) is 0.564. The maximum absolute atomic E-state index is 13.1. The van der Waals surface area contributed by atoms with Crippen molar-refractivity contribution in [2.24, 2.45) is 4.99 Å². The zero-order chi connectivity index (χ0) is 21.4. The molecule has 9 heteroatoms. The Morgan fingerprint density at radius 1 is 1.13 bits per heavy atom. The molecule has 0 fully saturated rings. The Labute approximate surface area is 190 Å². The van der Waals surface area contributed by atoms with Gasteiger partial charge in [0, 0.05) is 11.8 Å². The lowest BCUT2D eigenvalue weighted by molar-refractivity contribution is -0.120. The van der Waals surface area contributed by atoms with E-state index in [0.29, 0.717) is 34.3 Å². The number of anilines is 2. The molecule has 1 aromatic heterocycles. The van der Waals surface area contributed by atoms with E-state index < -0.39 is 0 Å². The van der Waals surface area contributed by atoms with Gasteiger partial charge in [0.2, 0.25) is 18.6 Å². The number of benzene rings is 2. The van der Waals surface area contributed by atoms with E-state index in [4.69, 9.17) is 14.5 Å². The van der Waals surface area contributed by atoms with Crippen molar-refractivity contribution < 1.29 is 19.1 Å². The highest BCUT2D eigenvalue weighted by atomic mass is 79.9. The van der Waals surface area contributed by atoms with Crippen molar-refractivity contribution in [3.8, 4) is 11.5 Å². The van der Waals surface area contributed by atoms with Gasteiger partial charge in [0.15, 0.2) is 11.5 Å². The monoisotopic (exact) mass is 497 g/mol. The van der Waals surface area contributed by atoms with Crippen LogP contribution in [0.4, 0.5) is 17.1 Å². The molecule has 0 saturated heterocycles. The van der Waals surface area contributed by atoms with Gasteiger partial charge in [-0.15, -0.1) is 11.3 Å². The SMILES string of the molecule is O=C(CN1C(=O)CC(c2ccc(Br)s2)=Nc2ccccc21)Nc1ccc2c(c1)OCO2. The molecule has 0 unspecified atom stereocenters. The van der Waals surface area contributed by atoms with Gasteiger partial charge < -0.3 is 19.7 Å². The Kier molecular flexibility index (Phi) is 5.21. The highest BCUT2D eigenvalue weighted by molar-refractivity contribution is 9.11. The summed E-state index contributed by atoms with van der Waals surface area (Å²) < 4.78 is 11.6. The second-order valence-corrected chi connectivity index (χ2v) is 9.39. The van der Waals surface area contributed by atoms with Crippen LogP contribution in [0.25, 0.3) is 0 Å². The molecule has 31 heavy (non-hydrogen) atoms.